The van der Waals surface area contributed by atoms with Gasteiger partial charge in [0.05, 0.1) is 11.3 Å². The van der Waals surface area contributed by atoms with E-state index in [1.807, 2.05) is 0 Å². The molecule has 110 valence electrons. The number of nitrogens with two attached hydrogens (primary N) is 1. The van der Waals surface area contributed by atoms with Crippen LogP contribution < -0.4 is 15.8 Å². The smallest absolute Gasteiger partial charge is 0.319 e. The van der Waals surface area contributed by atoms with E-state index in [1.165, 1.54) is 31.2 Å². The van der Waals surface area contributed by atoms with Crippen LogP contribution in [0.3, 0.4) is 0 Å². The number of primary sulfonamides is 1. The average Bonchev–Trinajstić information content (AvgIpc) is 2.26. The van der Waals surface area contributed by atoms with Crippen molar-refractivity contribution in [1.29, 1.82) is 0 Å². The molecule has 1 aromatic rings. The Balaban J connectivity index is 2.69. The van der Waals surface area contributed by atoms with Gasteiger partial charge in [-0.1, -0.05) is 6.07 Å². The molecule has 0 saturated heterocycles. The zero-order valence-corrected chi connectivity index (χ0v) is 11.5. The van der Waals surface area contributed by atoms with Crippen LogP contribution in [0.1, 0.15) is 13.3 Å². The van der Waals surface area contributed by atoms with Gasteiger partial charge in [-0.25, -0.2) is 18.4 Å². The van der Waals surface area contributed by atoms with Crippen LogP contribution in [0.25, 0.3) is 0 Å². The van der Waals surface area contributed by atoms with Crippen molar-refractivity contribution in [1.82, 2.24) is 5.32 Å². The molecule has 0 heterocycles. The first-order valence-corrected chi connectivity index (χ1v) is 7.15. The molecule has 2 amide bonds. The maximum Gasteiger partial charge on any atom is 0.319 e. The topological polar surface area (TPSA) is 139 Å². The van der Waals surface area contributed by atoms with Crippen molar-refractivity contribution in [3.8, 4) is 0 Å². The van der Waals surface area contributed by atoms with Crippen LogP contribution in [0.5, 0.6) is 0 Å². The number of nitrogens with one attached hydrogen (secondary N) is 2. The summed E-state index contributed by atoms with van der Waals surface area (Å²) >= 11 is 0. The van der Waals surface area contributed by atoms with E-state index in [1.54, 1.807) is 0 Å². The molecular formula is C11H15N3O5S. The van der Waals surface area contributed by atoms with E-state index in [2.05, 4.69) is 10.6 Å². The number of benzene rings is 1. The van der Waals surface area contributed by atoms with Crippen LogP contribution in [0.15, 0.2) is 29.2 Å². The summed E-state index contributed by atoms with van der Waals surface area (Å²) in [6.45, 7) is 1.54. The Labute approximate surface area is 116 Å². The Morgan fingerprint density at radius 2 is 2.05 bits per heavy atom. The Hall–Kier alpha value is -2.13. The highest BCUT2D eigenvalue weighted by Gasteiger charge is 2.12. The van der Waals surface area contributed by atoms with E-state index in [0.717, 1.165) is 0 Å². The molecule has 0 aliphatic rings. The highest BCUT2D eigenvalue weighted by Crippen LogP contribution is 2.13. The van der Waals surface area contributed by atoms with Gasteiger partial charge in [-0.15, -0.1) is 0 Å². The molecule has 5 N–H and O–H groups in total. The maximum atomic E-state index is 11.6. The number of urea groups is 1. The van der Waals surface area contributed by atoms with Gasteiger partial charge in [-0.2, -0.15) is 0 Å². The molecule has 0 radical (unpaired) electrons. The summed E-state index contributed by atoms with van der Waals surface area (Å²) in [6, 6.07) is 4.22. The molecule has 0 aromatic heterocycles. The first-order chi connectivity index (χ1) is 9.18. The van der Waals surface area contributed by atoms with Crippen molar-refractivity contribution in [2.75, 3.05) is 5.32 Å². The number of hydrogen-bond donors (Lipinski definition) is 4. The summed E-state index contributed by atoms with van der Waals surface area (Å²) in [5.74, 6) is -1.03. The summed E-state index contributed by atoms with van der Waals surface area (Å²) in [7, 11) is -3.85. The van der Waals surface area contributed by atoms with Crippen molar-refractivity contribution in [3.05, 3.63) is 24.3 Å². The van der Waals surface area contributed by atoms with Crippen LogP contribution in [0.4, 0.5) is 10.5 Å². The molecule has 0 fully saturated rings. The number of aliphatic carboxylic acids is 1. The van der Waals surface area contributed by atoms with E-state index < -0.39 is 28.1 Å². The third kappa shape index (κ3) is 5.24. The third-order valence-electron chi connectivity index (χ3n) is 2.28. The average molecular weight is 301 g/mol. The number of hydrogen-bond acceptors (Lipinski definition) is 4. The fourth-order valence-corrected chi connectivity index (χ4v) is 2.01. The normalized spacial score (nSPS) is 12.5. The molecule has 0 aliphatic carbocycles. The van der Waals surface area contributed by atoms with Crippen molar-refractivity contribution >= 4 is 27.7 Å². The van der Waals surface area contributed by atoms with Crippen LogP contribution in [-0.4, -0.2) is 31.6 Å². The number of rotatable bonds is 5. The molecule has 9 heteroatoms. The minimum atomic E-state index is -3.85. The second-order valence-electron chi connectivity index (χ2n) is 4.17. The molecule has 20 heavy (non-hydrogen) atoms. The summed E-state index contributed by atoms with van der Waals surface area (Å²) in [4.78, 5) is 21.9. The summed E-state index contributed by atoms with van der Waals surface area (Å²) in [5, 5.41) is 18.3. The maximum absolute atomic E-state index is 11.6. The quantitative estimate of drug-likeness (QED) is 0.620. The number of carboxylic acids is 1. The first-order valence-electron chi connectivity index (χ1n) is 5.60. The molecule has 1 rings (SSSR count). The van der Waals surface area contributed by atoms with Crippen LogP contribution in [0, 0.1) is 0 Å². The number of carbonyl (C=O) groups is 2. The van der Waals surface area contributed by atoms with Crippen molar-refractivity contribution in [2.45, 2.75) is 24.3 Å². The second-order valence-corrected chi connectivity index (χ2v) is 5.73. The summed E-state index contributed by atoms with van der Waals surface area (Å²) < 4.78 is 22.3. The van der Waals surface area contributed by atoms with Gasteiger partial charge in [-0.05, 0) is 25.1 Å². The van der Waals surface area contributed by atoms with Crippen LogP contribution >= 0.6 is 0 Å². The Morgan fingerprint density at radius 3 is 2.60 bits per heavy atom. The van der Waals surface area contributed by atoms with Gasteiger partial charge in [0, 0.05) is 11.7 Å². The largest absolute Gasteiger partial charge is 0.481 e. The van der Waals surface area contributed by atoms with E-state index in [4.69, 9.17) is 10.2 Å². The number of carbonyl (C=O) groups excluding carboxylic acids is 1. The zero-order valence-electron chi connectivity index (χ0n) is 10.7. The van der Waals surface area contributed by atoms with E-state index in [0.29, 0.717) is 0 Å². The summed E-state index contributed by atoms with van der Waals surface area (Å²) in [5.41, 5.74) is 0.233. The van der Waals surface area contributed by atoms with Crippen molar-refractivity contribution in [2.24, 2.45) is 5.14 Å². The van der Waals surface area contributed by atoms with Crippen LogP contribution in [-0.2, 0) is 14.8 Å². The lowest BCUT2D eigenvalue weighted by Crippen LogP contribution is -2.37. The van der Waals surface area contributed by atoms with Gasteiger partial charge in [-0.3, -0.25) is 4.79 Å². The predicted molar refractivity (Wildman–Crippen MR) is 71.7 cm³/mol. The molecule has 0 aliphatic heterocycles. The molecule has 1 aromatic carbocycles. The lowest BCUT2D eigenvalue weighted by molar-refractivity contribution is -0.137. The Bertz CT molecular complexity index is 614. The predicted octanol–water partition coefficient (Wildman–Crippen LogP) is 0.319. The van der Waals surface area contributed by atoms with Gasteiger partial charge >= 0.3 is 12.0 Å². The lowest BCUT2D eigenvalue weighted by Gasteiger charge is -2.13. The fraction of sp³-hybridized carbons (Fsp3) is 0.273. The summed E-state index contributed by atoms with van der Waals surface area (Å²) in [6.07, 6.45) is -0.218. The molecule has 0 unspecified atom stereocenters. The highest BCUT2D eigenvalue weighted by atomic mass is 32.2. The van der Waals surface area contributed by atoms with Crippen molar-refractivity contribution < 1.29 is 23.1 Å². The highest BCUT2D eigenvalue weighted by molar-refractivity contribution is 7.89. The van der Waals surface area contributed by atoms with E-state index in [-0.39, 0.29) is 17.0 Å². The molecular weight excluding hydrogens is 286 g/mol. The Morgan fingerprint density at radius 1 is 1.40 bits per heavy atom. The number of amides is 2. The minimum Gasteiger partial charge on any atom is -0.481 e. The van der Waals surface area contributed by atoms with E-state index >= 15 is 0 Å². The van der Waals surface area contributed by atoms with Gasteiger partial charge < -0.3 is 15.7 Å². The first kappa shape index (κ1) is 15.9. The lowest BCUT2D eigenvalue weighted by atomic mass is 10.2. The molecule has 8 nitrogen and oxygen atoms in total. The van der Waals surface area contributed by atoms with Gasteiger partial charge in [0.25, 0.3) is 0 Å². The number of sulfonamides is 1. The second kappa shape index (κ2) is 6.35. The fourth-order valence-electron chi connectivity index (χ4n) is 1.45. The number of carboxylic acid groups (broad SMARTS) is 1. The van der Waals surface area contributed by atoms with Gasteiger partial charge in [0.15, 0.2) is 0 Å². The van der Waals surface area contributed by atoms with Crippen LogP contribution in [0.2, 0.25) is 0 Å². The zero-order chi connectivity index (χ0) is 15.3. The minimum absolute atomic E-state index is 0.131. The SMILES string of the molecule is C[C@@H](CC(=O)O)NC(=O)Nc1cccc(S(N)(=O)=O)c1. The molecule has 0 saturated carbocycles. The number of anilines is 1. The third-order valence-corrected chi connectivity index (χ3v) is 3.19. The molecule has 1 atom stereocenters. The molecule has 0 bridgehead atoms. The van der Waals surface area contributed by atoms with Gasteiger partial charge in [0.1, 0.15) is 0 Å². The monoisotopic (exact) mass is 301 g/mol. The van der Waals surface area contributed by atoms with Gasteiger partial charge in [0.2, 0.25) is 10.0 Å². The van der Waals surface area contributed by atoms with E-state index in [9.17, 15) is 18.0 Å². The standard InChI is InChI=1S/C11H15N3O5S/c1-7(5-10(15)16)13-11(17)14-8-3-2-4-9(6-8)20(12,18)19/h2-4,6-7H,5H2,1H3,(H,15,16)(H2,12,18,19)(H2,13,14,17)/t7-/m0/s1. The molecule has 0 spiro atoms. The van der Waals surface area contributed by atoms with Crippen molar-refractivity contribution in [3.63, 3.8) is 0 Å². The Kier molecular flexibility index (Phi) is 5.06.